The van der Waals surface area contributed by atoms with E-state index in [0.29, 0.717) is 32.3 Å². The van der Waals surface area contributed by atoms with Crippen molar-refractivity contribution in [3.8, 4) is 11.3 Å². The molecule has 4 aromatic rings. The van der Waals surface area contributed by atoms with E-state index in [1.54, 1.807) is 6.07 Å². The number of likely N-dealkylation sites (tertiary alicyclic amines) is 1. The Labute approximate surface area is 271 Å². The van der Waals surface area contributed by atoms with E-state index in [-0.39, 0.29) is 45.5 Å². The van der Waals surface area contributed by atoms with Crippen LogP contribution in [0.5, 0.6) is 0 Å². The normalized spacial score (nSPS) is 17.8. The van der Waals surface area contributed by atoms with Gasteiger partial charge in [-0.05, 0) is 49.7 Å². The molecule has 1 amide bonds. The fourth-order valence-electron chi connectivity index (χ4n) is 6.51. The number of aromatic amines is 1. The summed E-state index contributed by atoms with van der Waals surface area (Å²) in [6.07, 6.45) is -8.04. The van der Waals surface area contributed by atoms with Crippen LogP contribution in [0.15, 0.2) is 71.5 Å². The van der Waals surface area contributed by atoms with E-state index in [9.17, 15) is 35.9 Å². The molecule has 0 radical (unpaired) electrons. The van der Waals surface area contributed by atoms with E-state index < -0.39 is 35.4 Å². The number of piperidine rings is 1. The maximum atomic E-state index is 14.4. The van der Waals surface area contributed by atoms with Crippen LogP contribution in [0.2, 0.25) is 0 Å². The molecular formula is C34H33F6N5O3. The van der Waals surface area contributed by atoms with Crippen LogP contribution in [0.1, 0.15) is 45.9 Å². The van der Waals surface area contributed by atoms with Gasteiger partial charge in [0, 0.05) is 42.9 Å². The number of halogens is 6. The minimum Gasteiger partial charge on any atom is -0.379 e. The van der Waals surface area contributed by atoms with Crippen LogP contribution in [0.25, 0.3) is 22.3 Å². The molecular weight excluding hydrogens is 640 g/mol. The predicted molar refractivity (Wildman–Crippen MR) is 166 cm³/mol. The Morgan fingerprint density at radius 2 is 1.65 bits per heavy atom. The second kappa shape index (κ2) is 13.7. The number of benzene rings is 2. The molecule has 254 valence electrons. The number of H-pyrrole nitrogens is 1. The van der Waals surface area contributed by atoms with Crippen molar-refractivity contribution in [3.05, 3.63) is 99.3 Å². The molecule has 2 aliphatic heterocycles. The molecule has 14 heteroatoms. The van der Waals surface area contributed by atoms with E-state index in [2.05, 4.69) is 20.2 Å². The topological polar surface area (TPSA) is 90.6 Å². The summed E-state index contributed by atoms with van der Waals surface area (Å²) in [6, 6.07) is 11.6. The summed E-state index contributed by atoms with van der Waals surface area (Å²) in [4.78, 5) is 38.2. The summed E-state index contributed by atoms with van der Waals surface area (Å²) in [5.41, 5.74) is -2.01. The molecule has 0 aliphatic carbocycles. The summed E-state index contributed by atoms with van der Waals surface area (Å²) in [5.74, 6) is -1.15. The Kier molecular flexibility index (Phi) is 9.59. The van der Waals surface area contributed by atoms with Gasteiger partial charge in [0.1, 0.15) is 0 Å². The number of rotatable bonds is 7. The number of pyridine rings is 2. The van der Waals surface area contributed by atoms with E-state index in [4.69, 9.17) is 4.74 Å². The Morgan fingerprint density at radius 3 is 2.31 bits per heavy atom. The molecule has 0 spiro atoms. The fourth-order valence-corrected chi connectivity index (χ4v) is 6.51. The van der Waals surface area contributed by atoms with Gasteiger partial charge in [-0.25, -0.2) is 4.98 Å². The lowest BCUT2D eigenvalue weighted by molar-refractivity contribution is -0.155. The summed E-state index contributed by atoms with van der Waals surface area (Å²) >= 11 is 0. The number of alkyl halides is 6. The number of ether oxygens (including phenoxy) is 1. The van der Waals surface area contributed by atoms with Gasteiger partial charge in [0.25, 0.3) is 5.91 Å². The second-order valence-corrected chi connectivity index (χ2v) is 12.0. The molecule has 2 saturated heterocycles. The number of fused-ring (bicyclic) bond motifs is 1. The smallest absolute Gasteiger partial charge is 0.379 e. The van der Waals surface area contributed by atoms with Crippen molar-refractivity contribution in [1.82, 2.24) is 25.1 Å². The van der Waals surface area contributed by atoms with E-state index >= 15 is 0 Å². The van der Waals surface area contributed by atoms with Gasteiger partial charge in [0.2, 0.25) is 5.56 Å². The predicted octanol–water partition coefficient (Wildman–Crippen LogP) is 5.94. The second-order valence-electron chi connectivity index (χ2n) is 12.0. The highest BCUT2D eigenvalue weighted by molar-refractivity contribution is 6.07. The van der Waals surface area contributed by atoms with Crippen LogP contribution < -0.4 is 10.9 Å². The van der Waals surface area contributed by atoms with Gasteiger partial charge in [-0.1, -0.05) is 42.5 Å². The first kappa shape index (κ1) is 33.6. The van der Waals surface area contributed by atoms with Crippen molar-refractivity contribution >= 4 is 16.9 Å². The number of hydrogen-bond acceptors (Lipinski definition) is 6. The maximum absolute atomic E-state index is 14.4. The fraction of sp³-hybridized carbons (Fsp3) is 0.382. The molecule has 2 aliphatic rings. The third kappa shape index (κ3) is 7.40. The van der Waals surface area contributed by atoms with Crippen molar-refractivity contribution in [1.29, 1.82) is 0 Å². The molecule has 48 heavy (non-hydrogen) atoms. The third-order valence-corrected chi connectivity index (χ3v) is 8.89. The lowest BCUT2D eigenvalue weighted by atomic mass is 9.95. The Morgan fingerprint density at radius 1 is 0.938 bits per heavy atom. The zero-order valence-corrected chi connectivity index (χ0v) is 25.7. The zero-order chi connectivity index (χ0) is 34.1. The minimum atomic E-state index is -4.89. The lowest BCUT2D eigenvalue weighted by Crippen LogP contribution is -2.49. The summed E-state index contributed by atoms with van der Waals surface area (Å²) in [7, 11) is 0. The molecule has 8 nitrogen and oxygen atoms in total. The average Bonchev–Trinajstić information content (AvgIpc) is 3.07. The lowest BCUT2D eigenvalue weighted by Gasteiger charge is -2.40. The third-order valence-electron chi connectivity index (χ3n) is 8.89. The van der Waals surface area contributed by atoms with Crippen LogP contribution in [0, 0.1) is 0 Å². The maximum Gasteiger partial charge on any atom is 0.416 e. The van der Waals surface area contributed by atoms with Crippen molar-refractivity contribution in [2.24, 2.45) is 0 Å². The zero-order valence-electron chi connectivity index (χ0n) is 25.7. The molecule has 1 unspecified atom stereocenters. The van der Waals surface area contributed by atoms with Crippen molar-refractivity contribution in [2.45, 2.75) is 43.8 Å². The van der Waals surface area contributed by atoms with Crippen molar-refractivity contribution in [3.63, 3.8) is 0 Å². The molecule has 2 N–H and O–H groups in total. The first-order chi connectivity index (χ1) is 22.9. The Bertz CT molecular complexity index is 1810. The molecule has 2 fully saturated rings. The standard InChI is InChI=1S/C34H33F6N5O3/c35-33(36,37)23-8-4-7-22(19-23)29-25(20-44-13-11-24(12-14-44)45-15-17-48-18-16-45)28(30-26(41-29)9-10-27(46)42-30)32(47)43-31(34(38,39)40)21-5-2-1-3-6-21/h1-10,19,24,31H,11-18,20H2,(H,42,46)(H,43,47). The highest BCUT2D eigenvalue weighted by Gasteiger charge is 2.43. The van der Waals surface area contributed by atoms with Crippen LogP contribution in [0.4, 0.5) is 26.3 Å². The van der Waals surface area contributed by atoms with Gasteiger partial charge in [0.15, 0.2) is 6.04 Å². The number of carbonyl (C=O) groups excluding carboxylic acids is 1. The number of hydrogen-bond donors (Lipinski definition) is 2. The van der Waals surface area contributed by atoms with E-state index in [1.165, 1.54) is 42.5 Å². The highest BCUT2D eigenvalue weighted by Crippen LogP contribution is 2.37. The quantitative estimate of drug-likeness (QED) is 0.236. The monoisotopic (exact) mass is 673 g/mol. The molecule has 2 aromatic heterocycles. The highest BCUT2D eigenvalue weighted by atomic mass is 19.4. The summed E-state index contributed by atoms with van der Waals surface area (Å²) < 4.78 is 90.2. The van der Waals surface area contributed by atoms with Gasteiger partial charge >= 0.3 is 12.4 Å². The number of morpholine rings is 1. The summed E-state index contributed by atoms with van der Waals surface area (Å²) in [5, 5.41) is 2.11. The SMILES string of the molecule is O=C(NC(c1ccccc1)C(F)(F)F)c1c(CN2CCC(N3CCOCC3)CC2)c(-c2cccc(C(F)(F)F)c2)nc2ccc(=O)[nH]c12. The van der Waals surface area contributed by atoms with Gasteiger partial charge in [-0.15, -0.1) is 0 Å². The Hall–Kier alpha value is -4.27. The molecule has 2 aromatic carbocycles. The number of nitrogens with zero attached hydrogens (tertiary/aromatic N) is 3. The number of amides is 1. The van der Waals surface area contributed by atoms with Gasteiger partial charge < -0.3 is 15.0 Å². The largest absolute Gasteiger partial charge is 0.416 e. The van der Waals surface area contributed by atoms with Gasteiger partial charge in [-0.3, -0.25) is 19.4 Å². The first-order valence-electron chi connectivity index (χ1n) is 15.6. The average molecular weight is 674 g/mol. The molecule has 4 heterocycles. The minimum absolute atomic E-state index is 0.00405. The molecule has 0 saturated carbocycles. The molecule has 6 rings (SSSR count). The number of carbonyl (C=O) groups is 1. The molecule has 0 bridgehead atoms. The van der Waals surface area contributed by atoms with Crippen LogP contribution in [-0.4, -0.2) is 77.3 Å². The molecule has 1 atom stereocenters. The van der Waals surface area contributed by atoms with Gasteiger partial charge in [-0.2, -0.15) is 26.3 Å². The number of aromatic nitrogens is 2. The van der Waals surface area contributed by atoms with E-state index in [1.807, 2.05) is 4.90 Å². The van der Waals surface area contributed by atoms with Gasteiger partial charge in [0.05, 0.1) is 41.1 Å². The van der Waals surface area contributed by atoms with Crippen LogP contribution >= 0.6 is 0 Å². The van der Waals surface area contributed by atoms with Crippen molar-refractivity contribution < 1.29 is 35.9 Å². The summed E-state index contributed by atoms with van der Waals surface area (Å²) in [6.45, 7) is 4.00. The van der Waals surface area contributed by atoms with Crippen LogP contribution in [-0.2, 0) is 17.5 Å². The Balaban J connectivity index is 1.47. The van der Waals surface area contributed by atoms with Crippen LogP contribution in [0.3, 0.4) is 0 Å². The van der Waals surface area contributed by atoms with E-state index in [0.717, 1.165) is 44.1 Å². The first-order valence-corrected chi connectivity index (χ1v) is 15.6. The van der Waals surface area contributed by atoms with Crippen molar-refractivity contribution in [2.75, 3.05) is 39.4 Å². The number of nitrogens with one attached hydrogen (secondary N) is 2.